The normalized spacial score (nSPS) is 14.5. The fourth-order valence-corrected chi connectivity index (χ4v) is 6.34. The average molecular weight is 533 g/mol. The third-order valence-electron chi connectivity index (χ3n) is 5.89. The molecule has 186 valence electrons. The van der Waals surface area contributed by atoms with Gasteiger partial charge in [0.1, 0.15) is 4.90 Å². The van der Waals surface area contributed by atoms with Crippen LogP contribution in [0.1, 0.15) is 5.56 Å². The van der Waals surface area contributed by atoms with Crippen LogP contribution in [-0.2, 0) is 21.4 Å². The number of aromatic nitrogens is 2. The van der Waals surface area contributed by atoms with E-state index in [1.54, 1.807) is 30.3 Å². The molecule has 0 saturated carbocycles. The van der Waals surface area contributed by atoms with Crippen molar-refractivity contribution in [2.75, 3.05) is 22.2 Å². The summed E-state index contributed by atoms with van der Waals surface area (Å²) in [5.74, 6) is 0.992. The van der Waals surface area contributed by atoms with Crippen molar-refractivity contribution in [3.63, 3.8) is 0 Å². The molecule has 1 amide bonds. The number of para-hydroxylation sites is 1. The Morgan fingerprint density at radius 2 is 1.78 bits per heavy atom. The van der Waals surface area contributed by atoms with E-state index < -0.39 is 10.0 Å². The van der Waals surface area contributed by atoms with Crippen molar-refractivity contribution < 1.29 is 22.7 Å². The number of hydrogen-bond acceptors (Lipinski definition) is 8. The summed E-state index contributed by atoms with van der Waals surface area (Å²) in [4.78, 5) is 21.4. The van der Waals surface area contributed by atoms with Gasteiger partial charge in [-0.2, -0.15) is 0 Å². The van der Waals surface area contributed by atoms with E-state index in [-0.39, 0.29) is 29.9 Å². The monoisotopic (exact) mass is 532 g/mol. The maximum Gasteiger partial charge on any atom is 0.268 e. The lowest BCUT2D eigenvalue weighted by Crippen LogP contribution is -2.34. The molecular formula is C26H20N4O5S2. The second-order valence-corrected chi connectivity index (χ2v) is 11.1. The van der Waals surface area contributed by atoms with Crippen LogP contribution in [0.4, 0.5) is 11.4 Å². The number of sulfonamides is 1. The molecule has 0 fully saturated rings. The minimum atomic E-state index is -3.89. The van der Waals surface area contributed by atoms with Crippen molar-refractivity contribution in [2.45, 2.75) is 16.6 Å². The molecule has 1 aromatic heterocycles. The molecule has 9 nitrogen and oxygen atoms in total. The zero-order valence-corrected chi connectivity index (χ0v) is 21.0. The average Bonchev–Trinajstić information content (AvgIpc) is 3.38. The van der Waals surface area contributed by atoms with E-state index in [1.807, 2.05) is 42.5 Å². The number of thioether (sulfide) groups is 1. The van der Waals surface area contributed by atoms with Crippen molar-refractivity contribution in [3.8, 4) is 22.8 Å². The molecule has 0 saturated heterocycles. The van der Waals surface area contributed by atoms with Gasteiger partial charge in [0.05, 0.1) is 29.9 Å². The van der Waals surface area contributed by atoms with Gasteiger partial charge in [0.15, 0.2) is 16.7 Å². The number of hydrogen-bond donors (Lipinski definition) is 1. The Bertz CT molecular complexity index is 1610. The summed E-state index contributed by atoms with van der Waals surface area (Å²) >= 11 is 1.13. The Morgan fingerprint density at radius 3 is 2.65 bits per heavy atom. The summed E-state index contributed by atoms with van der Waals surface area (Å²) in [6, 6.07) is 21.8. The highest BCUT2D eigenvalue weighted by atomic mass is 32.2. The molecule has 3 aromatic carbocycles. The number of nitrogens with zero attached hydrogens (tertiary/aromatic N) is 3. The number of amides is 1. The molecule has 0 radical (unpaired) electrons. The van der Waals surface area contributed by atoms with Crippen molar-refractivity contribution in [1.82, 2.24) is 9.97 Å². The first kappa shape index (κ1) is 23.3. The van der Waals surface area contributed by atoms with Gasteiger partial charge < -0.3 is 14.8 Å². The van der Waals surface area contributed by atoms with Gasteiger partial charge in [-0.3, -0.25) is 9.10 Å². The molecule has 0 aliphatic carbocycles. The topological polar surface area (TPSA) is 111 Å². The predicted octanol–water partition coefficient (Wildman–Crippen LogP) is 4.31. The van der Waals surface area contributed by atoms with Gasteiger partial charge in [-0.05, 0) is 23.8 Å². The summed E-state index contributed by atoms with van der Waals surface area (Å²) in [6.45, 7) is 0.345. The number of carbonyl (C=O) groups is 1. The molecule has 37 heavy (non-hydrogen) atoms. The van der Waals surface area contributed by atoms with Crippen molar-refractivity contribution in [2.24, 2.45) is 0 Å². The standard InChI is InChI=1S/C26H20N4O5S2/c31-24(28-18-10-11-21-22(12-18)35-16-34-21)15-36-26-27-13-23-25(29-26)19-8-4-5-9-20(19)30(37(23,32)33)14-17-6-2-1-3-7-17/h1-13H,14-16H2,(H,28,31). The molecule has 2 aliphatic rings. The number of ether oxygens (including phenoxy) is 2. The third kappa shape index (κ3) is 4.47. The number of anilines is 2. The van der Waals surface area contributed by atoms with Gasteiger partial charge in [0.2, 0.25) is 12.7 Å². The van der Waals surface area contributed by atoms with Crippen molar-refractivity contribution >= 4 is 39.1 Å². The van der Waals surface area contributed by atoms with E-state index in [0.29, 0.717) is 39.3 Å². The highest BCUT2D eigenvalue weighted by Crippen LogP contribution is 2.43. The van der Waals surface area contributed by atoms with E-state index in [4.69, 9.17) is 9.47 Å². The lowest BCUT2D eigenvalue weighted by Gasteiger charge is -2.31. The van der Waals surface area contributed by atoms with Crippen LogP contribution in [0.2, 0.25) is 0 Å². The number of fused-ring (bicyclic) bond motifs is 4. The van der Waals surface area contributed by atoms with Crippen molar-refractivity contribution in [1.29, 1.82) is 0 Å². The number of rotatable bonds is 6. The van der Waals surface area contributed by atoms with E-state index in [2.05, 4.69) is 15.3 Å². The molecule has 4 aromatic rings. The second-order valence-electron chi connectivity index (χ2n) is 8.28. The summed E-state index contributed by atoms with van der Waals surface area (Å²) in [7, 11) is -3.89. The Balaban J connectivity index is 1.23. The maximum absolute atomic E-state index is 13.6. The van der Waals surface area contributed by atoms with E-state index in [9.17, 15) is 13.2 Å². The van der Waals surface area contributed by atoms with Crippen LogP contribution in [0.25, 0.3) is 11.3 Å². The second kappa shape index (κ2) is 9.41. The molecule has 2 aliphatic heterocycles. The van der Waals surface area contributed by atoms with Gasteiger partial charge in [-0.25, -0.2) is 18.4 Å². The summed E-state index contributed by atoms with van der Waals surface area (Å²) in [6.07, 6.45) is 1.32. The third-order valence-corrected chi connectivity index (χ3v) is 8.51. The van der Waals surface area contributed by atoms with Crippen LogP contribution in [0.5, 0.6) is 11.5 Å². The predicted molar refractivity (Wildman–Crippen MR) is 139 cm³/mol. The fraction of sp³-hybridized carbons (Fsp3) is 0.115. The minimum absolute atomic E-state index is 0.0382. The van der Waals surface area contributed by atoms with Gasteiger partial charge in [-0.15, -0.1) is 0 Å². The molecular weight excluding hydrogens is 512 g/mol. The molecule has 3 heterocycles. The van der Waals surface area contributed by atoms with E-state index in [1.165, 1.54) is 10.5 Å². The Kier molecular flexibility index (Phi) is 5.93. The first-order chi connectivity index (χ1) is 18.0. The van der Waals surface area contributed by atoms with E-state index in [0.717, 1.165) is 17.3 Å². The fourth-order valence-electron chi connectivity index (χ4n) is 4.17. The molecule has 0 spiro atoms. The lowest BCUT2D eigenvalue weighted by molar-refractivity contribution is -0.113. The first-order valence-corrected chi connectivity index (χ1v) is 13.8. The number of carbonyl (C=O) groups excluding carboxylic acids is 1. The van der Waals surface area contributed by atoms with E-state index >= 15 is 0 Å². The number of benzene rings is 3. The van der Waals surface area contributed by atoms with Crippen molar-refractivity contribution in [3.05, 3.63) is 84.6 Å². The lowest BCUT2D eigenvalue weighted by atomic mass is 10.1. The Labute approximate surface area is 217 Å². The molecule has 0 atom stereocenters. The molecule has 0 bridgehead atoms. The summed E-state index contributed by atoms with van der Waals surface area (Å²) in [5.41, 5.74) is 3.02. The largest absolute Gasteiger partial charge is 0.454 e. The van der Waals surface area contributed by atoms with Crippen LogP contribution in [0.15, 0.2) is 89.0 Å². The molecule has 11 heteroatoms. The first-order valence-electron chi connectivity index (χ1n) is 11.3. The number of nitrogens with one attached hydrogen (secondary N) is 1. The molecule has 1 N–H and O–H groups in total. The van der Waals surface area contributed by atoms with Crippen LogP contribution in [0, 0.1) is 0 Å². The Hall–Kier alpha value is -4.09. The molecule has 6 rings (SSSR count). The zero-order valence-electron chi connectivity index (χ0n) is 19.3. The van der Waals surface area contributed by atoms with Crippen LogP contribution in [0.3, 0.4) is 0 Å². The quantitative estimate of drug-likeness (QED) is 0.289. The van der Waals surface area contributed by atoms with Gasteiger partial charge in [0, 0.05) is 17.3 Å². The summed E-state index contributed by atoms with van der Waals surface area (Å²) < 4.78 is 39.2. The Morgan fingerprint density at radius 1 is 1.00 bits per heavy atom. The zero-order chi connectivity index (χ0) is 25.4. The minimum Gasteiger partial charge on any atom is -0.454 e. The highest BCUT2D eigenvalue weighted by molar-refractivity contribution is 7.99. The highest BCUT2D eigenvalue weighted by Gasteiger charge is 2.36. The summed E-state index contributed by atoms with van der Waals surface area (Å²) in [5, 5.41) is 3.12. The van der Waals surface area contributed by atoms with Crippen LogP contribution >= 0.6 is 11.8 Å². The van der Waals surface area contributed by atoms with Gasteiger partial charge in [0.25, 0.3) is 10.0 Å². The molecule has 0 unspecified atom stereocenters. The van der Waals surface area contributed by atoms with Crippen LogP contribution < -0.4 is 19.1 Å². The van der Waals surface area contributed by atoms with Crippen LogP contribution in [-0.4, -0.2) is 36.8 Å². The SMILES string of the molecule is O=C(CSc1ncc2c(n1)-c1ccccc1N(Cc1ccccc1)S2(=O)=O)Nc1ccc2c(c1)OCO2. The van der Waals surface area contributed by atoms with Gasteiger partial charge in [-0.1, -0.05) is 60.3 Å². The maximum atomic E-state index is 13.6. The smallest absolute Gasteiger partial charge is 0.268 e. The van der Waals surface area contributed by atoms with Gasteiger partial charge >= 0.3 is 0 Å².